The van der Waals surface area contributed by atoms with Gasteiger partial charge >= 0.3 is 0 Å². The third-order valence-corrected chi connectivity index (χ3v) is 12.7. The van der Waals surface area contributed by atoms with Crippen LogP contribution in [0, 0.1) is 40.4 Å². The monoisotopic (exact) mass is 504 g/mol. The van der Waals surface area contributed by atoms with Gasteiger partial charge in [0.2, 0.25) is 0 Å². The number of ether oxygens (including phenoxy) is 1. The maximum absolute atomic E-state index is 11.8. The molecular weight excluding hydrogens is 448 g/mol. The average molecular weight is 505 g/mol. The molecule has 5 rings (SSSR count). The van der Waals surface area contributed by atoms with Crippen molar-refractivity contribution in [1.29, 1.82) is 0 Å². The summed E-state index contributed by atoms with van der Waals surface area (Å²) in [6.07, 6.45) is 19.0. The second-order valence-corrected chi connectivity index (χ2v) is 14.4. The van der Waals surface area contributed by atoms with Crippen LogP contribution in [0.4, 0.5) is 0 Å². The lowest BCUT2D eigenvalue weighted by molar-refractivity contribution is -0.180. The molecule has 4 nitrogen and oxygen atoms in total. The minimum atomic E-state index is -0.408. The van der Waals surface area contributed by atoms with Crippen molar-refractivity contribution >= 4 is 0 Å². The van der Waals surface area contributed by atoms with E-state index in [1.54, 1.807) is 0 Å². The van der Waals surface area contributed by atoms with Gasteiger partial charge in [0.25, 0.3) is 0 Å². The van der Waals surface area contributed by atoms with Crippen LogP contribution in [0.2, 0.25) is 0 Å². The van der Waals surface area contributed by atoms with Crippen LogP contribution >= 0.6 is 0 Å². The third-order valence-electron chi connectivity index (χ3n) is 12.7. The smallest absolute Gasteiger partial charge is 0.121 e. The van der Waals surface area contributed by atoms with Crippen molar-refractivity contribution in [3.05, 3.63) is 0 Å². The molecule has 208 valence electrons. The molecular formula is C32H56O4. The van der Waals surface area contributed by atoms with Gasteiger partial charge in [-0.3, -0.25) is 0 Å². The fraction of sp³-hybridized carbons (Fsp3) is 1.00. The van der Waals surface area contributed by atoms with Crippen molar-refractivity contribution in [2.45, 2.75) is 154 Å². The van der Waals surface area contributed by atoms with Crippen LogP contribution in [0.3, 0.4) is 0 Å². The standard InChI is InChI=1S/C32H56O4/c1-4-5-6-7-8-9-10-11-12-28(34)32(21-36-32)27-16-15-25-24-14-13-22-19-23(33)17-18-30(22,2)26(24)20-29(35)31(25,27)3/h22-29,33-35H,4-21H2,1-3H3/t22-,23-,24+,25+,26+,27+,28-,29-,30+,31+,32+/m1/s1. The third kappa shape index (κ3) is 4.62. The van der Waals surface area contributed by atoms with Crippen LogP contribution in [0.5, 0.6) is 0 Å². The fourth-order valence-electron chi connectivity index (χ4n) is 10.4. The summed E-state index contributed by atoms with van der Waals surface area (Å²) in [5.74, 6) is 2.68. The first kappa shape index (κ1) is 27.4. The van der Waals surface area contributed by atoms with Crippen molar-refractivity contribution in [2.75, 3.05) is 6.61 Å². The lowest BCUT2D eigenvalue weighted by atomic mass is 9.43. The predicted octanol–water partition coefficient (Wildman–Crippen LogP) is 6.64. The summed E-state index contributed by atoms with van der Waals surface area (Å²) in [6.45, 7) is 7.79. The maximum Gasteiger partial charge on any atom is 0.121 e. The summed E-state index contributed by atoms with van der Waals surface area (Å²) in [5, 5.41) is 33.5. The zero-order valence-electron chi connectivity index (χ0n) is 23.6. The van der Waals surface area contributed by atoms with Gasteiger partial charge in [0, 0.05) is 11.3 Å². The molecule has 0 radical (unpaired) electrons. The molecule has 0 bridgehead atoms. The van der Waals surface area contributed by atoms with Crippen LogP contribution in [0.15, 0.2) is 0 Å². The quantitative estimate of drug-likeness (QED) is 0.218. The second-order valence-electron chi connectivity index (χ2n) is 14.4. The van der Waals surface area contributed by atoms with Crippen LogP contribution in [0.1, 0.15) is 130 Å². The van der Waals surface area contributed by atoms with E-state index < -0.39 is 11.7 Å². The SMILES string of the molecule is CCCCCCCCCC[C@@H](O)[C@@]1([C@H]2CC[C@H]3[C@@H]4CC[C@@H]5C[C@H](O)CC[C@]5(C)[C@H]4C[C@@H](O)[C@]23C)CO1. The Labute approximate surface area is 221 Å². The highest BCUT2D eigenvalue weighted by Crippen LogP contribution is 2.70. The molecule has 1 aliphatic heterocycles. The Morgan fingerprint density at radius 3 is 2.22 bits per heavy atom. The number of rotatable bonds is 11. The van der Waals surface area contributed by atoms with Crippen LogP contribution in [-0.4, -0.2) is 45.8 Å². The van der Waals surface area contributed by atoms with E-state index in [0.717, 1.165) is 44.9 Å². The molecule has 0 spiro atoms. The number of hydrogen-bond donors (Lipinski definition) is 3. The number of unbranched alkanes of at least 4 members (excludes halogenated alkanes) is 7. The molecule has 0 unspecified atom stereocenters. The van der Waals surface area contributed by atoms with E-state index in [4.69, 9.17) is 4.74 Å². The summed E-state index contributed by atoms with van der Waals surface area (Å²) in [5.41, 5.74) is -0.282. The van der Waals surface area contributed by atoms with E-state index in [1.807, 2.05) is 0 Å². The summed E-state index contributed by atoms with van der Waals surface area (Å²) in [7, 11) is 0. The topological polar surface area (TPSA) is 73.2 Å². The highest BCUT2D eigenvalue weighted by molar-refractivity contribution is 5.19. The summed E-state index contributed by atoms with van der Waals surface area (Å²) >= 11 is 0. The van der Waals surface area contributed by atoms with Gasteiger partial charge in [-0.2, -0.15) is 0 Å². The predicted molar refractivity (Wildman–Crippen MR) is 145 cm³/mol. The Morgan fingerprint density at radius 2 is 1.53 bits per heavy atom. The minimum absolute atomic E-state index is 0.122. The summed E-state index contributed by atoms with van der Waals surface area (Å²) in [6, 6.07) is 0. The van der Waals surface area contributed by atoms with Gasteiger partial charge in [-0.15, -0.1) is 0 Å². The largest absolute Gasteiger partial charge is 0.393 e. The molecule has 0 amide bonds. The van der Waals surface area contributed by atoms with Gasteiger partial charge in [0.15, 0.2) is 0 Å². The van der Waals surface area contributed by atoms with Gasteiger partial charge in [-0.05, 0) is 86.9 Å². The highest BCUT2D eigenvalue weighted by Gasteiger charge is 2.70. The molecule has 1 saturated heterocycles. The van der Waals surface area contributed by atoms with E-state index in [1.165, 1.54) is 64.2 Å². The first-order valence-electron chi connectivity index (χ1n) is 16.0. The molecule has 11 atom stereocenters. The van der Waals surface area contributed by atoms with E-state index >= 15 is 0 Å². The maximum atomic E-state index is 11.8. The molecule has 5 aliphatic rings. The zero-order chi connectivity index (χ0) is 25.6. The number of aliphatic hydroxyl groups is 3. The number of fused-ring (bicyclic) bond motifs is 5. The molecule has 4 saturated carbocycles. The Balaban J connectivity index is 1.21. The van der Waals surface area contributed by atoms with E-state index in [2.05, 4.69) is 20.8 Å². The molecule has 4 heteroatoms. The highest BCUT2D eigenvalue weighted by atomic mass is 16.6. The Morgan fingerprint density at radius 1 is 0.833 bits per heavy atom. The van der Waals surface area contributed by atoms with Crippen LogP contribution < -0.4 is 0 Å². The van der Waals surface area contributed by atoms with E-state index in [9.17, 15) is 15.3 Å². The van der Waals surface area contributed by atoms with Crippen molar-refractivity contribution in [2.24, 2.45) is 40.4 Å². The van der Waals surface area contributed by atoms with Gasteiger partial charge in [-0.1, -0.05) is 72.1 Å². The van der Waals surface area contributed by atoms with E-state index in [0.29, 0.717) is 30.3 Å². The minimum Gasteiger partial charge on any atom is -0.393 e. The zero-order valence-corrected chi connectivity index (χ0v) is 23.6. The number of aliphatic hydroxyl groups excluding tert-OH is 3. The normalized spacial score (nSPS) is 48.7. The van der Waals surface area contributed by atoms with Gasteiger partial charge in [0.1, 0.15) is 5.60 Å². The molecule has 5 fully saturated rings. The molecule has 36 heavy (non-hydrogen) atoms. The molecule has 1 heterocycles. The first-order valence-corrected chi connectivity index (χ1v) is 16.0. The summed E-state index contributed by atoms with van der Waals surface area (Å²) in [4.78, 5) is 0. The number of epoxide rings is 1. The van der Waals surface area contributed by atoms with Crippen LogP contribution in [-0.2, 0) is 4.74 Å². The van der Waals surface area contributed by atoms with Gasteiger partial charge < -0.3 is 20.1 Å². The molecule has 0 aromatic carbocycles. The first-order chi connectivity index (χ1) is 17.3. The molecule has 4 aliphatic carbocycles. The fourth-order valence-corrected chi connectivity index (χ4v) is 10.4. The number of hydrogen-bond acceptors (Lipinski definition) is 4. The van der Waals surface area contributed by atoms with Crippen molar-refractivity contribution in [3.63, 3.8) is 0 Å². The molecule has 3 N–H and O–H groups in total. The Bertz CT molecular complexity index is 736. The lowest BCUT2D eigenvalue weighted by Gasteiger charge is -2.62. The molecule has 0 aromatic rings. The van der Waals surface area contributed by atoms with E-state index in [-0.39, 0.29) is 29.0 Å². The average Bonchev–Trinajstić information content (AvgIpc) is 3.58. The van der Waals surface area contributed by atoms with Crippen molar-refractivity contribution < 1.29 is 20.1 Å². The van der Waals surface area contributed by atoms with Crippen molar-refractivity contribution in [3.8, 4) is 0 Å². The second kappa shape index (κ2) is 10.8. The summed E-state index contributed by atoms with van der Waals surface area (Å²) < 4.78 is 6.19. The van der Waals surface area contributed by atoms with Gasteiger partial charge in [0.05, 0.1) is 24.9 Å². The van der Waals surface area contributed by atoms with Crippen molar-refractivity contribution in [1.82, 2.24) is 0 Å². The Hall–Kier alpha value is -0.160. The van der Waals surface area contributed by atoms with Gasteiger partial charge in [-0.25, -0.2) is 0 Å². The lowest BCUT2D eigenvalue weighted by Crippen LogP contribution is -2.60. The van der Waals surface area contributed by atoms with Crippen LogP contribution in [0.25, 0.3) is 0 Å². The Kier molecular flexibility index (Phi) is 8.21. The molecule has 0 aromatic heterocycles.